The summed E-state index contributed by atoms with van der Waals surface area (Å²) in [6.07, 6.45) is 1.19. The molecule has 1 amide bonds. The normalized spacial score (nSPS) is 11.0. The van der Waals surface area contributed by atoms with E-state index in [1.165, 1.54) is 24.4 Å². The highest BCUT2D eigenvalue weighted by molar-refractivity contribution is 9.10. The van der Waals surface area contributed by atoms with Gasteiger partial charge in [-0.25, -0.2) is 5.43 Å². The molecule has 3 aromatic carbocycles. The van der Waals surface area contributed by atoms with Crippen LogP contribution in [0.15, 0.2) is 58.1 Å². The van der Waals surface area contributed by atoms with Crippen molar-refractivity contribution in [3.05, 3.63) is 74.2 Å². The first-order chi connectivity index (χ1) is 12.9. The number of nitrogens with zero attached hydrogens (tertiary/aromatic N) is 2. The number of carbonyl (C=O) groups excluding carboxylic acids is 1. The Labute approximate surface area is 161 Å². The second-order valence-corrected chi connectivity index (χ2v) is 6.40. The van der Waals surface area contributed by atoms with Crippen molar-refractivity contribution >= 4 is 44.5 Å². The summed E-state index contributed by atoms with van der Waals surface area (Å²) < 4.78 is 0.122. The van der Waals surface area contributed by atoms with Crippen molar-refractivity contribution in [1.29, 1.82) is 0 Å². The number of hydrazone groups is 1. The number of rotatable bonds is 4. The zero-order chi connectivity index (χ0) is 19.6. The fraction of sp³-hybridized carbons (Fsp3) is 0. The monoisotopic (exact) mass is 429 g/mol. The van der Waals surface area contributed by atoms with Gasteiger partial charge in [0.15, 0.2) is 0 Å². The first-order valence-corrected chi connectivity index (χ1v) is 8.38. The molecule has 0 saturated carbocycles. The fourth-order valence-electron chi connectivity index (χ4n) is 2.45. The van der Waals surface area contributed by atoms with Crippen LogP contribution in [-0.4, -0.2) is 27.3 Å². The van der Waals surface area contributed by atoms with Crippen LogP contribution in [0.1, 0.15) is 15.9 Å². The molecule has 0 aliphatic rings. The van der Waals surface area contributed by atoms with Gasteiger partial charge >= 0.3 is 5.69 Å². The highest BCUT2D eigenvalue weighted by Gasteiger charge is 2.17. The summed E-state index contributed by atoms with van der Waals surface area (Å²) in [4.78, 5) is 22.4. The molecule has 0 heterocycles. The van der Waals surface area contributed by atoms with Crippen molar-refractivity contribution in [3.63, 3.8) is 0 Å². The van der Waals surface area contributed by atoms with Gasteiger partial charge in [-0.15, -0.1) is 0 Å². The van der Waals surface area contributed by atoms with E-state index in [-0.39, 0.29) is 21.3 Å². The molecule has 0 bridgehead atoms. The Morgan fingerprint density at radius 1 is 1.15 bits per heavy atom. The maximum atomic E-state index is 12.3. The second kappa shape index (κ2) is 7.42. The van der Waals surface area contributed by atoms with Gasteiger partial charge < -0.3 is 10.2 Å². The summed E-state index contributed by atoms with van der Waals surface area (Å²) in [5.41, 5.74) is 2.09. The lowest BCUT2D eigenvalue weighted by molar-refractivity contribution is -0.386. The molecular weight excluding hydrogens is 418 g/mol. The van der Waals surface area contributed by atoms with Crippen molar-refractivity contribution in [1.82, 2.24) is 5.43 Å². The Morgan fingerprint density at radius 3 is 2.48 bits per heavy atom. The zero-order valence-corrected chi connectivity index (χ0v) is 15.2. The highest BCUT2D eigenvalue weighted by Crippen LogP contribution is 2.34. The maximum absolute atomic E-state index is 12.3. The average Bonchev–Trinajstić information content (AvgIpc) is 2.63. The maximum Gasteiger partial charge on any atom is 0.312 e. The number of aromatic hydroxyl groups is 2. The number of benzene rings is 3. The number of phenols is 2. The van der Waals surface area contributed by atoms with Crippen LogP contribution in [0.25, 0.3) is 10.8 Å². The van der Waals surface area contributed by atoms with Crippen LogP contribution in [0, 0.1) is 10.1 Å². The second-order valence-electron chi connectivity index (χ2n) is 5.54. The van der Waals surface area contributed by atoms with Crippen molar-refractivity contribution in [3.8, 4) is 11.5 Å². The van der Waals surface area contributed by atoms with Crippen molar-refractivity contribution in [2.24, 2.45) is 5.10 Å². The predicted octanol–water partition coefficient (Wildman–Crippen LogP) is 3.69. The van der Waals surface area contributed by atoms with Gasteiger partial charge in [0, 0.05) is 11.6 Å². The topological polar surface area (TPSA) is 125 Å². The van der Waals surface area contributed by atoms with Gasteiger partial charge in [0.2, 0.25) is 5.75 Å². The highest BCUT2D eigenvalue weighted by atomic mass is 79.9. The summed E-state index contributed by atoms with van der Waals surface area (Å²) in [5.74, 6) is -1.33. The standard InChI is InChI=1S/C18H12BrN3O5/c19-14-5-10(6-15(17(14)24)22(26)27)9-20-21-18(25)13-7-11-3-1-2-4-12(11)8-16(13)23/h1-9,23-24H,(H,21,25). The minimum atomic E-state index is -0.733. The Hall–Kier alpha value is -3.46. The average molecular weight is 430 g/mol. The largest absolute Gasteiger partial charge is 0.507 e. The number of nitrogens with one attached hydrogen (secondary N) is 1. The van der Waals surface area contributed by atoms with Crippen molar-refractivity contribution in [2.45, 2.75) is 0 Å². The number of carbonyl (C=O) groups is 1. The smallest absolute Gasteiger partial charge is 0.312 e. The molecule has 0 aliphatic heterocycles. The zero-order valence-electron chi connectivity index (χ0n) is 13.6. The molecule has 0 aliphatic carbocycles. The fourth-order valence-corrected chi connectivity index (χ4v) is 2.92. The number of nitro benzene ring substituents is 1. The van der Waals surface area contributed by atoms with Crippen LogP contribution in [0.2, 0.25) is 0 Å². The van der Waals surface area contributed by atoms with Gasteiger partial charge in [-0.1, -0.05) is 24.3 Å². The van der Waals surface area contributed by atoms with E-state index in [2.05, 4.69) is 26.5 Å². The van der Waals surface area contributed by atoms with E-state index in [0.717, 1.165) is 16.8 Å². The van der Waals surface area contributed by atoms with Gasteiger partial charge in [-0.05, 0) is 44.9 Å². The number of fused-ring (bicyclic) bond motifs is 1. The number of hydrogen-bond acceptors (Lipinski definition) is 6. The SMILES string of the molecule is O=C(NN=Cc1cc(Br)c(O)c([N+](=O)[O-])c1)c1cc2ccccc2cc1O. The van der Waals surface area contributed by atoms with E-state index >= 15 is 0 Å². The Morgan fingerprint density at radius 2 is 1.81 bits per heavy atom. The Balaban J connectivity index is 1.82. The molecule has 8 nitrogen and oxygen atoms in total. The number of nitro groups is 1. The molecule has 9 heteroatoms. The molecule has 136 valence electrons. The minimum absolute atomic E-state index is 0.0451. The molecule has 0 unspecified atom stereocenters. The number of hydrogen-bond donors (Lipinski definition) is 3. The van der Waals surface area contributed by atoms with Crippen LogP contribution >= 0.6 is 15.9 Å². The molecule has 0 aromatic heterocycles. The van der Waals surface area contributed by atoms with Gasteiger partial charge in [0.1, 0.15) is 5.75 Å². The van der Waals surface area contributed by atoms with E-state index in [4.69, 9.17) is 0 Å². The number of halogens is 1. The molecular formula is C18H12BrN3O5. The van der Waals surface area contributed by atoms with Crippen LogP contribution < -0.4 is 5.43 Å². The molecule has 27 heavy (non-hydrogen) atoms. The van der Waals surface area contributed by atoms with Gasteiger partial charge in [0.05, 0.1) is 21.2 Å². The third-order valence-corrected chi connectivity index (χ3v) is 4.36. The molecule has 3 aromatic rings. The lowest BCUT2D eigenvalue weighted by Gasteiger charge is -2.06. The van der Waals surface area contributed by atoms with Crippen LogP contribution in [0.3, 0.4) is 0 Å². The van der Waals surface area contributed by atoms with E-state index in [1.807, 2.05) is 24.3 Å². The van der Waals surface area contributed by atoms with Crippen molar-refractivity contribution < 1.29 is 19.9 Å². The van der Waals surface area contributed by atoms with Crippen LogP contribution in [0.4, 0.5) is 5.69 Å². The molecule has 0 atom stereocenters. The van der Waals surface area contributed by atoms with E-state index in [9.17, 15) is 25.1 Å². The summed E-state index contributed by atoms with van der Waals surface area (Å²) in [6.45, 7) is 0. The van der Waals surface area contributed by atoms with Crippen LogP contribution in [-0.2, 0) is 0 Å². The Kier molecular flexibility index (Phi) is 5.04. The third-order valence-electron chi connectivity index (χ3n) is 3.75. The summed E-state index contributed by atoms with van der Waals surface area (Å²) in [5, 5.41) is 35.9. The molecule has 0 fully saturated rings. The number of amides is 1. The Bertz CT molecular complexity index is 1100. The van der Waals surface area contributed by atoms with Crippen LogP contribution in [0.5, 0.6) is 11.5 Å². The molecule has 0 radical (unpaired) electrons. The van der Waals surface area contributed by atoms with Gasteiger partial charge in [-0.2, -0.15) is 5.10 Å². The first kappa shape index (κ1) is 18.3. The third kappa shape index (κ3) is 3.87. The predicted molar refractivity (Wildman–Crippen MR) is 103 cm³/mol. The van der Waals surface area contributed by atoms with E-state index in [0.29, 0.717) is 0 Å². The summed E-state index contributed by atoms with van der Waals surface area (Å²) >= 11 is 3.02. The molecule has 0 saturated heterocycles. The molecule has 0 spiro atoms. The summed E-state index contributed by atoms with van der Waals surface area (Å²) in [7, 11) is 0. The van der Waals surface area contributed by atoms with Gasteiger partial charge in [0.25, 0.3) is 5.91 Å². The minimum Gasteiger partial charge on any atom is -0.507 e. The molecule has 3 rings (SSSR count). The quantitative estimate of drug-likeness (QED) is 0.331. The lowest BCUT2D eigenvalue weighted by atomic mass is 10.1. The van der Waals surface area contributed by atoms with E-state index < -0.39 is 22.3 Å². The first-order valence-electron chi connectivity index (χ1n) is 7.59. The number of phenolic OH excluding ortho intramolecular Hbond substituents is 2. The lowest BCUT2D eigenvalue weighted by Crippen LogP contribution is -2.17. The van der Waals surface area contributed by atoms with E-state index in [1.54, 1.807) is 0 Å². The van der Waals surface area contributed by atoms with Gasteiger partial charge in [-0.3, -0.25) is 14.9 Å². The summed E-state index contributed by atoms with van der Waals surface area (Å²) in [6, 6.07) is 12.8. The van der Waals surface area contributed by atoms with Crippen molar-refractivity contribution in [2.75, 3.05) is 0 Å². The molecule has 3 N–H and O–H groups in total.